The first kappa shape index (κ1) is 54.5. The molecule has 21 nitrogen and oxygen atoms in total. The third-order valence-electron chi connectivity index (χ3n) is 13.6. The second-order valence-electron chi connectivity index (χ2n) is 18.9. The second-order valence-corrected chi connectivity index (χ2v) is 18.9. The molecule has 0 spiro atoms. The standard InChI is InChI=1S/C53H62N6O15/c1-26(55)49(66)58-36(21-29-11-6-5-7-12-29)51(68)57-34(14-8-9-20-54)50(67)56-31-18-16-30(17-19-31)25-72-52(69)59-35-22-39(73-27(2)44(35)61)74-38-24-53(70,28(3)60)23-33-41(38)48(65)43-42(46(33)63)45(62)32-13-10-15-37(71-4)40(32)47(43)64/h5-7,10-13,15-19,26-27,34-36,38-39,44,61,63,65,70H,8-9,14,20-25,54-55H2,1-4H3,(H,56,67)(H,57,68)(H,58,66)(H,59,69)/t26-,27?,34+,35?,36+,38+,39?,44?,53+/m1/s1. The van der Waals surface area contributed by atoms with E-state index in [9.17, 15) is 54.0 Å². The quantitative estimate of drug-likeness (QED) is 0.0420. The molecule has 12 N–H and O–H groups in total. The summed E-state index contributed by atoms with van der Waals surface area (Å²) in [5.74, 6) is -5.31. The van der Waals surface area contributed by atoms with E-state index >= 15 is 0 Å². The van der Waals surface area contributed by atoms with Gasteiger partial charge in [-0.05, 0) is 75.9 Å². The Kier molecular flexibility index (Phi) is 17.2. The molecule has 4 unspecified atom stereocenters. The highest BCUT2D eigenvalue weighted by Gasteiger charge is 2.50. The number of phenols is 2. The van der Waals surface area contributed by atoms with Gasteiger partial charge in [0.25, 0.3) is 0 Å². The molecule has 1 fully saturated rings. The number of nitrogens with two attached hydrogens (primary N) is 2. The van der Waals surface area contributed by atoms with Crippen LogP contribution in [0.4, 0.5) is 10.5 Å². The zero-order chi connectivity index (χ0) is 53.6. The molecule has 4 aromatic carbocycles. The summed E-state index contributed by atoms with van der Waals surface area (Å²) in [5.41, 5.74) is 9.41. The third-order valence-corrected chi connectivity index (χ3v) is 13.6. The van der Waals surface area contributed by atoms with Crippen LogP contribution in [0.2, 0.25) is 0 Å². The highest BCUT2D eigenvalue weighted by atomic mass is 16.7. The van der Waals surface area contributed by atoms with Gasteiger partial charge in [-0.2, -0.15) is 0 Å². The van der Waals surface area contributed by atoms with E-state index in [4.69, 9.17) is 30.4 Å². The SMILES string of the molecule is COc1cccc2c1C(=O)c1c(O)c3c(c(O)c1C2=O)C[C@@](O)(C(C)=O)C[C@@H]3OC1CC(NC(=O)OCc2ccc(NC(=O)[C@H](CCCCN)NC(=O)[C@H](Cc3ccccc3)NC(=O)[C@@H](C)N)cc2)C(O)C(C)O1. The van der Waals surface area contributed by atoms with E-state index in [0.29, 0.717) is 30.6 Å². The molecular formula is C53H62N6O15. The van der Waals surface area contributed by atoms with E-state index in [1.165, 1.54) is 39.2 Å². The fourth-order valence-corrected chi connectivity index (χ4v) is 9.42. The molecule has 0 aromatic heterocycles. The molecule has 21 heteroatoms. The number of fused-ring (bicyclic) bond motifs is 3. The molecule has 1 saturated heterocycles. The van der Waals surface area contributed by atoms with Gasteiger partial charge in [0, 0.05) is 48.1 Å². The molecule has 1 heterocycles. The Hall–Kier alpha value is -7.27. The number of aliphatic hydroxyl groups excluding tert-OH is 1. The van der Waals surface area contributed by atoms with Crippen LogP contribution in [-0.4, -0.2) is 124 Å². The van der Waals surface area contributed by atoms with Gasteiger partial charge in [0.05, 0.1) is 48.1 Å². The molecule has 2 aliphatic carbocycles. The Morgan fingerprint density at radius 3 is 2.20 bits per heavy atom. The smallest absolute Gasteiger partial charge is 0.407 e. The van der Waals surface area contributed by atoms with Gasteiger partial charge in [0.15, 0.2) is 17.9 Å². The number of hydrogen-bond acceptors (Lipinski definition) is 17. The normalized spacial score (nSPS) is 22.1. The van der Waals surface area contributed by atoms with Gasteiger partial charge in [0.1, 0.15) is 47.6 Å². The maximum absolute atomic E-state index is 14.0. The topological polar surface area (TPSA) is 337 Å². The van der Waals surface area contributed by atoms with Crippen molar-refractivity contribution in [1.29, 1.82) is 0 Å². The molecular weight excluding hydrogens is 961 g/mol. The average Bonchev–Trinajstić information content (AvgIpc) is 3.37. The van der Waals surface area contributed by atoms with Crippen molar-refractivity contribution in [3.63, 3.8) is 0 Å². The van der Waals surface area contributed by atoms with Crippen LogP contribution in [0.3, 0.4) is 0 Å². The number of Topliss-reactive ketones (excluding diaryl/α,β-unsaturated/α-hetero) is 1. The zero-order valence-electron chi connectivity index (χ0n) is 41.3. The lowest BCUT2D eigenvalue weighted by Crippen LogP contribution is -2.55. The second kappa shape index (κ2) is 23.3. The van der Waals surface area contributed by atoms with Gasteiger partial charge in [-0.3, -0.25) is 28.8 Å². The number of rotatable bonds is 19. The fraction of sp³-hybridized carbons (Fsp3) is 0.415. The van der Waals surface area contributed by atoms with Crippen LogP contribution in [0.5, 0.6) is 17.2 Å². The number of methoxy groups -OCH3 is 1. The van der Waals surface area contributed by atoms with Crippen molar-refractivity contribution in [3.8, 4) is 17.2 Å². The van der Waals surface area contributed by atoms with Gasteiger partial charge in [-0.1, -0.05) is 54.6 Å². The van der Waals surface area contributed by atoms with Crippen molar-refractivity contribution in [2.75, 3.05) is 19.0 Å². The van der Waals surface area contributed by atoms with Gasteiger partial charge in [0.2, 0.25) is 23.5 Å². The minimum Gasteiger partial charge on any atom is -0.507 e. The number of aromatic hydroxyl groups is 2. The maximum atomic E-state index is 14.0. The summed E-state index contributed by atoms with van der Waals surface area (Å²) in [4.78, 5) is 93.9. The van der Waals surface area contributed by atoms with E-state index < -0.39 is 131 Å². The van der Waals surface area contributed by atoms with Crippen molar-refractivity contribution < 1.29 is 72.9 Å². The first-order chi connectivity index (χ1) is 35.2. The number of unbranched alkanes of at least 4 members (excludes halogenated alkanes) is 1. The molecule has 1 aliphatic heterocycles. The largest absolute Gasteiger partial charge is 0.507 e. The Morgan fingerprint density at radius 2 is 1.54 bits per heavy atom. The lowest BCUT2D eigenvalue weighted by molar-refractivity contribution is -0.249. The van der Waals surface area contributed by atoms with Crippen LogP contribution < -0.4 is 37.5 Å². The Bertz CT molecular complexity index is 2790. The van der Waals surface area contributed by atoms with Crippen LogP contribution in [0.15, 0.2) is 72.8 Å². The predicted molar refractivity (Wildman–Crippen MR) is 265 cm³/mol. The van der Waals surface area contributed by atoms with Crippen LogP contribution >= 0.6 is 0 Å². The summed E-state index contributed by atoms with van der Waals surface area (Å²) in [6.07, 6.45) is -5.59. The summed E-state index contributed by atoms with van der Waals surface area (Å²) >= 11 is 0. The number of carbonyl (C=O) groups is 7. The van der Waals surface area contributed by atoms with E-state index in [2.05, 4.69) is 21.3 Å². The number of benzene rings is 4. The number of ether oxygens (including phenoxy) is 4. The van der Waals surface area contributed by atoms with Gasteiger partial charge in [-0.15, -0.1) is 0 Å². The number of aliphatic hydroxyl groups is 2. The van der Waals surface area contributed by atoms with Crippen LogP contribution in [0, 0.1) is 0 Å². The summed E-state index contributed by atoms with van der Waals surface area (Å²) in [5, 5.41) is 57.2. The number of ketones is 3. The first-order valence-corrected chi connectivity index (χ1v) is 24.3. The van der Waals surface area contributed by atoms with Crippen molar-refractivity contribution in [2.45, 2.75) is 127 Å². The molecule has 4 amide bonds. The summed E-state index contributed by atoms with van der Waals surface area (Å²) in [7, 11) is 1.31. The van der Waals surface area contributed by atoms with Crippen molar-refractivity contribution in [1.82, 2.24) is 16.0 Å². The summed E-state index contributed by atoms with van der Waals surface area (Å²) in [6, 6.07) is 15.8. The Morgan fingerprint density at radius 1 is 0.851 bits per heavy atom. The van der Waals surface area contributed by atoms with Gasteiger partial charge in [-0.25, -0.2) is 4.79 Å². The zero-order valence-corrected chi connectivity index (χ0v) is 41.3. The number of anilines is 1. The Labute approximate surface area is 426 Å². The van der Waals surface area contributed by atoms with Gasteiger partial charge >= 0.3 is 6.09 Å². The molecule has 0 bridgehead atoms. The van der Waals surface area contributed by atoms with Crippen molar-refractivity contribution in [2.24, 2.45) is 11.5 Å². The molecule has 0 saturated carbocycles. The van der Waals surface area contributed by atoms with Gasteiger partial charge < -0.3 is 72.1 Å². The lowest BCUT2D eigenvalue weighted by Gasteiger charge is -2.42. The number of amides is 4. The molecule has 4 aromatic rings. The first-order valence-electron chi connectivity index (χ1n) is 24.3. The monoisotopic (exact) mass is 1020 g/mol. The molecule has 394 valence electrons. The van der Waals surface area contributed by atoms with E-state index in [-0.39, 0.29) is 53.9 Å². The number of carbonyl (C=O) groups excluding carboxylic acids is 7. The maximum Gasteiger partial charge on any atom is 0.407 e. The number of phenolic OH excluding ortho intramolecular Hbond substituents is 2. The predicted octanol–water partition coefficient (Wildman–Crippen LogP) is 2.62. The highest BCUT2D eigenvalue weighted by molar-refractivity contribution is 6.31. The number of hydrogen-bond donors (Lipinski definition) is 10. The van der Waals surface area contributed by atoms with Crippen molar-refractivity contribution in [3.05, 3.63) is 117 Å². The van der Waals surface area contributed by atoms with Crippen LogP contribution in [0.1, 0.15) is 113 Å². The number of nitrogens with one attached hydrogen (secondary N) is 4. The van der Waals surface area contributed by atoms with Crippen LogP contribution in [0.25, 0.3) is 0 Å². The Balaban J connectivity index is 0.997. The number of alkyl carbamates (subject to hydrolysis) is 1. The summed E-state index contributed by atoms with van der Waals surface area (Å²) in [6.45, 7) is 4.28. The van der Waals surface area contributed by atoms with E-state index in [1.807, 2.05) is 30.3 Å². The molecule has 9 atom stereocenters. The fourth-order valence-electron chi connectivity index (χ4n) is 9.42. The van der Waals surface area contributed by atoms with Crippen molar-refractivity contribution >= 4 is 46.9 Å². The average molecular weight is 1020 g/mol. The minimum atomic E-state index is -2.16. The summed E-state index contributed by atoms with van der Waals surface area (Å²) < 4.78 is 23.1. The minimum absolute atomic E-state index is 0.0577. The lowest BCUT2D eigenvalue weighted by atomic mass is 9.72. The highest BCUT2D eigenvalue weighted by Crippen LogP contribution is 2.52. The van der Waals surface area contributed by atoms with E-state index in [1.54, 1.807) is 24.3 Å². The molecule has 0 radical (unpaired) electrons. The third kappa shape index (κ3) is 11.9. The molecule has 74 heavy (non-hydrogen) atoms. The molecule has 7 rings (SSSR count). The molecule has 3 aliphatic rings. The van der Waals surface area contributed by atoms with Crippen LogP contribution in [-0.2, 0) is 52.8 Å². The van der Waals surface area contributed by atoms with E-state index in [0.717, 1.165) is 12.5 Å².